The van der Waals surface area contributed by atoms with Crippen molar-refractivity contribution in [2.24, 2.45) is 0 Å². The summed E-state index contributed by atoms with van der Waals surface area (Å²) in [6, 6.07) is 3.66. The molecule has 5 nitrogen and oxygen atoms in total. The summed E-state index contributed by atoms with van der Waals surface area (Å²) in [7, 11) is 3.41. The first-order valence-corrected chi connectivity index (χ1v) is 8.47. The summed E-state index contributed by atoms with van der Waals surface area (Å²) in [5.74, 6) is 0.0474. The Balaban J connectivity index is 2.10. The number of likely N-dealkylation sites (N-methyl/N-ethyl adjacent to an activating group) is 1. The second-order valence-electron chi connectivity index (χ2n) is 6.65. The van der Waals surface area contributed by atoms with E-state index in [0.717, 1.165) is 16.7 Å². The molecule has 0 aliphatic carbocycles. The zero-order chi connectivity index (χ0) is 17.6. The van der Waals surface area contributed by atoms with Crippen LogP contribution in [0.5, 0.6) is 0 Å². The van der Waals surface area contributed by atoms with E-state index in [4.69, 9.17) is 16.4 Å². The van der Waals surface area contributed by atoms with E-state index < -0.39 is 5.54 Å². The van der Waals surface area contributed by atoms with Gasteiger partial charge in [0.15, 0.2) is 0 Å². The summed E-state index contributed by atoms with van der Waals surface area (Å²) < 4.78 is 0. The summed E-state index contributed by atoms with van der Waals surface area (Å²) in [6.45, 7) is 5.18. The van der Waals surface area contributed by atoms with Crippen LogP contribution >= 0.6 is 11.6 Å². The first kappa shape index (κ1) is 17.3. The van der Waals surface area contributed by atoms with Gasteiger partial charge in [-0.2, -0.15) is 5.06 Å². The van der Waals surface area contributed by atoms with Crippen molar-refractivity contribution in [2.45, 2.75) is 32.2 Å². The van der Waals surface area contributed by atoms with E-state index in [1.165, 1.54) is 0 Å². The number of carbonyl (C=O) groups excluding carboxylic acids is 1. The maximum absolute atomic E-state index is 13.0. The van der Waals surface area contributed by atoms with Gasteiger partial charge >= 0.3 is 0 Å². The predicted molar refractivity (Wildman–Crippen MR) is 93.8 cm³/mol. The molecule has 2 heterocycles. The first-order valence-electron chi connectivity index (χ1n) is 8.10. The molecule has 1 aromatic carbocycles. The molecule has 0 atom stereocenters. The lowest BCUT2D eigenvalue weighted by Crippen LogP contribution is -2.53. The van der Waals surface area contributed by atoms with E-state index in [1.807, 2.05) is 31.0 Å². The molecule has 1 fully saturated rings. The highest BCUT2D eigenvalue weighted by Gasteiger charge is 2.52. The minimum absolute atomic E-state index is 0.133. The zero-order valence-corrected chi connectivity index (χ0v) is 15.3. The molecule has 0 aromatic heterocycles. The van der Waals surface area contributed by atoms with Gasteiger partial charge in [0, 0.05) is 25.2 Å². The Morgan fingerprint density at radius 1 is 1.21 bits per heavy atom. The molecule has 1 spiro atoms. The Morgan fingerprint density at radius 3 is 2.25 bits per heavy atom. The number of nitrogens with zero attached hydrogens (tertiary/aromatic N) is 2. The van der Waals surface area contributed by atoms with Gasteiger partial charge in [-0.25, -0.2) is 0 Å². The molecular formula is C18H23ClN2O3. The van der Waals surface area contributed by atoms with Gasteiger partial charge in [0.25, 0.3) is 5.91 Å². The number of aryl methyl sites for hydroxylation is 2. The highest BCUT2D eigenvalue weighted by Crippen LogP contribution is 2.45. The van der Waals surface area contributed by atoms with E-state index in [9.17, 15) is 9.90 Å². The fraction of sp³-hybridized carbons (Fsp3) is 0.500. The molecule has 2 aliphatic heterocycles. The highest BCUT2D eigenvalue weighted by molar-refractivity contribution is 6.31. The average Bonchev–Trinajstić information content (AvgIpc) is 2.71. The van der Waals surface area contributed by atoms with Crippen molar-refractivity contribution in [3.05, 3.63) is 39.6 Å². The number of hydrogen-bond donors (Lipinski definition) is 1. The highest BCUT2D eigenvalue weighted by atomic mass is 35.5. The van der Waals surface area contributed by atoms with Crippen LogP contribution in [0.1, 0.15) is 29.5 Å². The summed E-state index contributed by atoms with van der Waals surface area (Å²) in [5, 5.41) is 13.6. The van der Waals surface area contributed by atoms with Crippen molar-refractivity contribution < 1.29 is 14.7 Å². The molecule has 0 bridgehead atoms. The third kappa shape index (κ3) is 2.42. The second-order valence-corrected chi connectivity index (χ2v) is 7.08. The van der Waals surface area contributed by atoms with Crippen molar-refractivity contribution >= 4 is 23.1 Å². The van der Waals surface area contributed by atoms with Gasteiger partial charge in [-0.1, -0.05) is 11.6 Å². The van der Waals surface area contributed by atoms with Crippen LogP contribution < -0.4 is 0 Å². The standard InChI is InChI=1S/C18H23ClN2O3/c1-11-9-13(19)10-12(2)14(11)15-16(22)18(20(3)17(15)23)5-7-21(24-4)8-6-18/h9-10,22H,5-8H2,1-4H3. The van der Waals surface area contributed by atoms with Gasteiger partial charge in [0.2, 0.25) is 0 Å². The van der Waals surface area contributed by atoms with Gasteiger partial charge in [-0.05, 0) is 55.5 Å². The van der Waals surface area contributed by atoms with E-state index in [2.05, 4.69) is 0 Å². The van der Waals surface area contributed by atoms with Crippen LogP contribution in [0, 0.1) is 13.8 Å². The molecule has 1 N–H and O–H groups in total. The predicted octanol–water partition coefficient (Wildman–Crippen LogP) is 3.09. The maximum atomic E-state index is 13.0. The SMILES string of the molecule is CON1CCC2(CC1)C(O)=C(c1c(C)cc(Cl)cc1C)C(=O)N2C. The largest absolute Gasteiger partial charge is 0.509 e. The smallest absolute Gasteiger partial charge is 0.258 e. The number of carbonyl (C=O) groups is 1. The van der Waals surface area contributed by atoms with Crippen LogP contribution in [-0.4, -0.2) is 53.8 Å². The topological polar surface area (TPSA) is 53.0 Å². The number of amides is 1. The number of hydrogen-bond acceptors (Lipinski definition) is 4. The molecule has 0 saturated carbocycles. The van der Waals surface area contributed by atoms with E-state index in [0.29, 0.717) is 36.5 Å². The Kier molecular flexibility index (Phi) is 4.36. The second kappa shape index (κ2) is 6.06. The van der Waals surface area contributed by atoms with Gasteiger partial charge in [-0.3, -0.25) is 4.79 Å². The summed E-state index contributed by atoms with van der Waals surface area (Å²) in [4.78, 5) is 19.9. The quantitative estimate of drug-likeness (QED) is 0.890. The summed E-state index contributed by atoms with van der Waals surface area (Å²) in [5.41, 5.74) is 2.36. The molecule has 3 rings (SSSR count). The molecule has 0 radical (unpaired) electrons. The van der Waals surface area contributed by atoms with Crippen LogP contribution in [0.4, 0.5) is 0 Å². The lowest BCUT2D eigenvalue weighted by molar-refractivity contribution is -0.162. The number of benzene rings is 1. The average molecular weight is 351 g/mol. The number of piperidine rings is 1. The fourth-order valence-electron chi connectivity index (χ4n) is 4.00. The van der Waals surface area contributed by atoms with Gasteiger partial charge in [-0.15, -0.1) is 0 Å². The number of aliphatic hydroxyl groups is 1. The molecule has 1 saturated heterocycles. The minimum atomic E-state index is -0.639. The van der Waals surface area contributed by atoms with Crippen molar-refractivity contribution in [1.29, 1.82) is 0 Å². The molecule has 24 heavy (non-hydrogen) atoms. The molecular weight excluding hydrogens is 328 g/mol. The van der Waals surface area contributed by atoms with Crippen molar-refractivity contribution in [2.75, 3.05) is 27.2 Å². The van der Waals surface area contributed by atoms with Gasteiger partial charge < -0.3 is 14.8 Å². The zero-order valence-electron chi connectivity index (χ0n) is 14.5. The molecule has 0 unspecified atom stereocenters. The van der Waals surface area contributed by atoms with Crippen LogP contribution in [0.2, 0.25) is 5.02 Å². The number of hydroxylamine groups is 2. The Morgan fingerprint density at radius 2 is 1.75 bits per heavy atom. The van der Waals surface area contributed by atoms with Crippen LogP contribution in [0.25, 0.3) is 5.57 Å². The van der Waals surface area contributed by atoms with Crippen molar-refractivity contribution in [1.82, 2.24) is 9.96 Å². The van der Waals surface area contributed by atoms with E-state index >= 15 is 0 Å². The van der Waals surface area contributed by atoms with Gasteiger partial charge in [0.1, 0.15) is 11.3 Å². The van der Waals surface area contributed by atoms with Crippen molar-refractivity contribution in [3.63, 3.8) is 0 Å². The molecule has 6 heteroatoms. The Labute approximate surface area is 147 Å². The number of rotatable bonds is 2. The first-order chi connectivity index (χ1) is 11.3. The normalized spacial score (nSPS) is 21.2. The molecule has 2 aliphatic rings. The summed E-state index contributed by atoms with van der Waals surface area (Å²) in [6.07, 6.45) is 1.29. The van der Waals surface area contributed by atoms with Crippen LogP contribution in [-0.2, 0) is 9.63 Å². The molecule has 1 amide bonds. The minimum Gasteiger partial charge on any atom is -0.509 e. The summed E-state index contributed by atoms with van der Waals surface area (Å²) >= 11 is 6.11. The van der Waals surface area contributed by atoms with Crippen LogP contribution in [0.3, 0.4) is 0 Å². The molecule has 1 aromatic rings. The van der Waals surface area contributed by atoms with E-state index in [-0.39, 0.29) is 11.7 Å². The third-order valence-electron chi connectivity index (χ3n) is 5.39. The lowest BCUT2D eigenvalue weighted by atomic mass is 9.84. The number of aliphatic hydroxyl groups excluding tert-OH is 1. The Hall–Kier alpha value is -1.56. The van der Waals surface area contributed by atoms with Gasteiger partial charge in [0.05, 0.1) is 12.7 Å². The van der Waals surface area contributed by atoms with Crippen LogP contribution in [0.15, 0.2) is 17.9 Å². The maximum Gasteiger partial charge on any atom is 0.258 e. The Bertz CT molecular complexity index is 698. The fourth-order valence-corrected chi connectivity index (χ4v) is 4.32. The third-order valence-corrected chi connectivity index (χ3v) is 5.61. The molecule has 130 valence electrons. The monoisotopic (exact) mass is 350 g/mol. The lowest BCUT2D eigenvalue weighted by Gasteiger charge is -2.42. The van der Waals surface area contributed by atoms with Crippen molar-refractivity contribution in [3.8, 4) is 0 Å². The van der Waals surface area contributed by atoms with E-state index in [1.54, 1.807) is 19.1 Å². The number of halogens is 1.